The number of carbonyl (C=O) groups excluding carboxylic acids is 1. The highest BCUT2D eigenvalue weighted by atomic mass is 16.5. The number of methoxy groups -OCH3 is 2. The van der Waals surface area contributed by atoms with Gasteiger partial charge in [-0.15, -0.1) is 0 Å². The van der Waals surface area contributed by atoms with Crippen LogP contribution in [0.5, 0.6) is 11.5 Å². The number of ether oxygens (including phenoxy) is 2. The summed E-state index contributed by atoms with van der Waals surface area (Å²) >= 11 is 0. The van der Waals surface area contributed by atoms with E-state index in [4.69, 9.17) is 14.6 Å². The van der Waals surface area contributed by atoms with Gasteiger partial charge in [0.15, 0.2) is 11.5 Å². The fourth-order valence-electron chi connectivity index (χ4n) is 3.27. The van der Waals surface area contributed by atoms with Crippen molar-refractivity contribution in [3.8, 4) is 11.5 Å². The van der Waals surface area contributed by atoms with Crippen LogP contribution in [0.4, 0.5) is 0 Å². The molecule has 0 aliphatic heterocycles. The van der Waals surface area contributed by atoms with E-state index in [9.17, 15) is 9.59 Å². The van der Waals surface area contributed by atoms with Gasteiger partial charge in [-0.2, -0.15) is 0 Å². The lowest BCUT2D eigenvalue weighted by atomic mass is 10.0. The van der Waals surface area contributed by atoms with E-state index in [1.165, 1.54) is 0 Å². The summed E-state index contributed by atoms with van der Waals surface area (Å²) in [6.45, 7) is 2.42. The maximum absolute atomic E-state index is 12.6. The van der Waals surface area contributed by atoms with Crippen LogP contribution in [0.15, 0.2) is 12.1 Å². The third-order valence-corrected chi connectivity index (χ3v) is 4.76. The fourth-order valence-corrected chi connectivity index (χ4v) is 3.27. The molecular formula is C18H25NO5. The lowest BCUT2D eigenvalue weighted by Crippen LogP contribution is -2.32. The zero-order valence-electron chi connectivity index (χ0n) is 14.7. The second kappa shape index (κ2) is 7.55. The summed E-state index contributed by atoms with van der Waals surface area (Å²) in [6.07, 6.45) is 1.66. The molecule has 0 aromatic heterocycles. The second-order valence-electron chi connectivity index (χ2n) is 6.37. The van der Waals surface area contributed by atoms with E-state index in [0.29, 0.717) is 37.3 Å². The van der Waals surface area contributed by atoms with Crippen molar-refractivity contribution in [3.05, 3.63) is 23.3 Å². The Bertz CT molecular complexity index is 628. The van der Waals surface area contributed by atoms with E-state index >= 15 is 0 Å². The third kappa shape index (κ3) is 3.80. The summed E-state index contributed by atoms with van der Waals surface area (Å²) in [4.78, 5) is 25.3. The Morgan fingerprint density at radius 2 is 1.75 bits per heavy atom. The van der Waals surface area contributed by atoms with Crippen LogP contribution in [-0.2, 0) is 16.1 Å². The summed E-state index contributed by atoms with van der Waals surface area (Å²) in [7, 11) is 4.93. The fraction of sp³-hybridized carbons (Fsp3) is 0.556. The van der Waals surface area contributed by atoms with Crippen LogP contribution in [0.2, 0.25) is 0 Å². The molecule has 0 saturated heterocycles. The van der Waals surface area contributed by atoms with E-state index in [2.05, 4.69) is 0 Å². The van der Waals surface area contributed by atoms with Gasteiger partial charge in [0.05, 0.1) is 20.1 Å². The van der Waals surface area contributed by atoms with E-state index in [-0.39, 0.29) is 11.8 Å². The largest absolute Gasteiger partial charge is 0.493 e. The first-order valence-electron chi connectivity index (χ1n) is 8.06. The van der Waals surface area contributed by atoms with Gasteiger partial charge in [0.2, 0.25) is 5.91 Å². The lowest BCUT2D eigenvalue weighted by Gasteiger charge is -2.23. The number of amides is 1. The van der Waals surface area contributed by atoms with Gasteiger partial charge in [-0.3, -0.25) is 9.59 Å². The highest BCUT2D eigenvalue weighted by Crippen LogP contribution is 2.34. The normalized spacial score (nSPS) is 19.8. The minimum atomic E-state index is -0.802. The monoisotopic (exact) mass is 335 g/mol. The van der Waals surface area contributed by atoms with Crippen molar-refractivity contribution in [1.82, 2.24) is 4.90 Å². The molecule has 0 bridgehead atoms. The Hall–Kier alpha value is -2.24. The Morgan fingerprint density at radius 3 is 2.29 bits per heavy atom. The predicted molar refractivity (Wildman–Crippen MR) is 89.2 cm³/mol. The van der Waals surface area contributed by atoms with E-state index < -0.39 is 11.9 Å². The highest BCUT2D eigenvalue weighted by molar-refractivity contribution is 5.80. The Kier molecular flexibility index (Phi) is 5.70. The number of carboxylic acids is 1. The molecule has 132 valence electrons. The quantitative estimate of drug-likeness (QED) is 0.864. The van der Waals surface area contributed by atoms with Gasteiger partial charge < -0.3 is 19.5 Å². The number of carbonyl (C=O) groups is 2. The number of aliphatic carboxylic acids is 1. The summed E-state index contributed by atoms with van der Waals surface area (Å²) in [6, 6.07) is 3.77. The number of hydrogen-bond acceptors (Lipinski definition) is 4. The number of aryl methyl sites for hydroxylation is 1. The average molecular weight is 335 g/mol. The first-order chi connectivity index (χ1) is 11.4. The van der Waals surface area contributed by atoms with Gasteiger partial charge in [-0.25, -0.2) is 0 Å². The average Bonchev–Trinajstić information content (AvgIpc) is 3.05. The van der Waals surface area contributed by atoms with Gasteiger partial charge in [0, 0.05) is 19.5 Å². The number of carboxylic acid groups (broad SMARTS) is 1. The minimum absolute atomic E-state index is 0.00735. The molecule has 1 amide bonds. The number of benzene rings is 1. The van der Waals surface area contributed by atoms with Crippen molar-refractivity contribution in [1.29, 1.82) is 0 Å². The number of hydrogen-bond donors (Lipinski definition) is 1. The van der Waals surface area contributed by atoms with Gasteiger partial charge in [-0.1, -0.05) is 0 Å². The van der Waals surface area contributed by atoms with Crippen molar-refractivity contribution in [2.24, 2.45) is 11.8 Å². The summed E-state index contributed by atoms with van der Waals surface area (Å²) in [5, 5.41) is 9.08. The molecule has 1 N–H and O–H groups in total. The van der Waals surface area contributed by atoms with Crippen LogP contribution in [-0.4, -0.2) is 43.2 Å². The summed E-state index contributed by atoms with van der Waals surface area (Å²) in [5.74, 6) is -0.0954. The number of rotatable bonds is 6. The van der Waals surface area contributed by atoms with Gasteiger partial charge in [0.1, 0.15) is 0 Å². The minimum Gasteiger partial charge on any atom is -0.493 e. The molecule has 0 radical (unpaired) electrons. The molecule has 2 atom stereocenters. The van der Waals surface area contributed by atoms with Gasteiger partial charge in [-0.05, 0) is 49.4 Å². The van der Waals surface area contributed by atoms with E-state index in [1.54, 1.807) is 26.2 Å². The standard InChI is InChI=1S/C18H25NO5/c1-11-7-15(23-3)16(24-4)9-14(11)10-19(2)17(20)12-5-6-13(8-12)18(21)22/h7,9,12-13H,5-6,8,10H2,1-4H3,(H,21,22)/t12-,13+/m1/s1. The molecule has 1 aliphatic carbocycles. The smallest absolute Gasteiger partial charge is 0.306 e. The van der Waals surface area contributed by atoms with Gasteiger partial charge >= 0.3 is 5.97 Å². The van der Waals surface area contributed by atoms with Gasteiger partial charge in [0.25, 0.3) is 0 Å². The van der Waals surface area contributed by atoms with Crippen molar-refractivity contribution in [3.63, 3.8) is 0 Å². The van der Waals surface area contributed by atoms with Crippen LogP contribution in [0.3, 0.4) is 0 Å². The van der Waals surface area contributed by atoms with E-state index in [0.717, 1.165) is 11.1 Å². The molecule has 6 nitrogen and oxygen atoms in total. The molecule has 2 rings (SSSR count). The molecule has 0 heterocycles. The van der Waals surface area contributed by atoms with E-state index in [1.807, 2.05) is 19.1 Å². The van der Waals surface area contributed by atoms with Crippen LogP contribution in [0.25, 0.3) is 0 Å². The SMILES string of the molecule is COc1cc(C)c(CN(C)C(=O)[C@@H]2CC[C@H](C(=O)O)C2)cc1OC. The molecule has 1 saturated carbocycles. The van der Waals surface area contributed by atoms with Crippen LogP contribution in [0.1, 0.15) is 30.4 Å². The molecular weight excluding hydrogens is 310 g/mol. The first-order valence-corrected chi connectivity index (χ1v) is 8.06. The van der Waals surface area contributed by atoms with Crippen molar-refractivity contribution in [2.75, 3.05) is 21.3 Å². The molecule has 1 aromatic carbocycles. The molecule has 1 aliphatic rings. The molecule has 24 heavy (non-hydrogen) atoms. The summed E-state index contributed by atoms with van der Waals surface area (Å²) < 4.78 is 10.6. The third-order valence-electron chi connectivity index (χ3n) is 4.76. The van der Waals surface area contributed by atoms with Crippen molar-refractivity contribution in [2.45, 2.75) is 32.7 Å². The van der Waals surface area contributed by atoms with Crippen LogP contribution < -0.4 is 9.47 Å². The maximum atomic E-state index is 12.6. The molecule has 0 spiro atoms. The summed E-state index contributed by atoms with van der Waals surface area (Å²) in [5.41, 5.74) is 2.00. The first kappa shape index (κ1) is 18.1. The van der Waals surface area contributed by atoms with Crippen molar-refractivity contribution >= 4 is 11.9 Å². The maximum Gasteiger partial charge on any atom is 0.306 e. The predicted octanol–water partition coefficient (Wildman–Crippen LogP) is 2.47. The molecule has 1 fully saturated rings. The van der Waals surface area contributed by atoms with Crippen LogP contribution >= 0.6 is 0 Å². The van der Waals surface area contributed by atoms with Crippen LogP contribution in [0, 0.1) is 18.8 Å². The Morgan fingerprint density at radius 1 is 1.17 bits per heavy atom. The lowest BCUT2D eigenvalue weighted by molar-refractivity contribution is -0.141. The Balaban J connectivity index is 2.08. The molecule has 0 unspecified atom stereocenters. The van der Waals surface area contributed by atoms with Crippen molar-refractivity contribution < 1.29 is 24.2 Å². The molecule has 1 aromatic rings. The zero-order chi connectivity index (χ0) is 17.9. The highest BCUT2D eigenvalue weighted by Gasteiger charge is 2.35. The number of nitrogens with zero attached hydrogens (tertiary/aromatic N) is 1. The zero-order valence-corrected chi connectivity index (χ0v) is 14.7. The molecule has 6 heteroatoms. The second-order valence-corrected chi connectivity index (χ2v) is 6.37. The topological polar surface area (TPSA) is 76.1 Å². The Labute approximate surface area is 142 Å².